The van der Waals surface area contributed by atoms with Crippen molar-refractivity contribution in [1.82, 2.24) is 5.32 Å². The van der Waals surface area contributed by atoms with E-state index in [1.165, 1.54) is 0 Å². The van der Waals surface area contributed by atoms with Gasteiger partial charge in [-0.2, -0.15) is 0 Å². The van der Waals surface area contributed by atoms with Crippen LogP contribution in [0.1, 0.15) is 24.8 Å². The number of aliphatic hydroxyl groups is 1. The van der Waals surface area contributed by atoms with E-state index in [2.05, 4.69) is 35.1 Å². The van der Waals surface area contributed by atoms with E-state index in [9.17, 15) is 5.11 Å². The lowest BCUT2D eigenvalue weighted by atomic mass is 10.2. The molecule has 1 aromatic rings. The predicted octanol–water partition coefficient (Wildman–Crippen LogP) is 2.79. The van der Waals surface area contributed by atoms with Crippen molar-refractivity contribution < 1.29 is 5.11 Å². The van der Waals surface area contributed by atoms with Gasteiger partial charge in [0.05, 0.1) is 3.79 Å². The average Bonchev–Trinajstić information content (AvgIpc) is 2.51. The SMILES string of the molecule is CC(C)CNCC(O)c1ccc(Br)s1. The maximum atomic E-state index is 9.77. The summed E-state index contributed by atoms with van der Waals surface area (Å²) in [7, 11) is 0. The molecule has 2 N–H and O–H groups in total. The van der Waals surface area contributed by atoms with Crippen LogP contribution >= 0.6 is 27.3 Å². The number of aliphatic hydroxyl groups excluding tert-OH is 1. The summed E-state index contributed by atoms with van der Waals surface area (Å²) in [4.78, 5) is 1.01. The summed E-state index contributed by atoms with van der Waals surface area (Å²) in [6.45, 7) is 5.89. The summed E-state index contributed by atoms with van der Waals surface area (Å²) in [6.07, 6.45) is -0.384. The van der Waals surface area contributed by atoms with E-state index >= 15 is 0 Å². The van der Waals surface area contributed by atoms with Crippen LogP contribution in [0.5, 0.6) is 0 Å². The highest BCUT2D eigenvalue weighted by atomic mass is 79.9. The van der Waals surface area contributed by atoms with Crippen LogP contribution in [-0.4, -0.2) is 18.2 Å². The van der Waals surface area contributed by atoms with E-state index in [1.54, 1.807) is 11.3 Å². The molecule has 1 atom stereocenters. The Morgan fingerprint density at radius 1 is 1.43 bits per heavy atom. The van der Waals surface area contributed by atoms with Crippen molar-refractivity contribution >= 4 is 27.3 Å². The lowest BCUT2D eigenvalue weighted by molar-refractivity contribution is 0.177. The molecule has 0 fully saturated rings. The van der Waals surface area contributed by atoms with E-state index < -0.39 is 0 Å². The molecule has 4 heteroatoms. The fraction of sp³-hybridized carbons (Fsp3) is 0.600. The number of nitrogens with one attached hydrogen (secondary N) is 1. The van der Waals surface area contributed by atoms with E-state index in [0.29, 0.717) is 12.5 Å². The molecule has 0 saturated carbocycles. The van der Waals surface area contributed by atoms with Crippen LogP contribution in [0.25, 0.3) is 0 Å². The molecule has 0 radical (unpaired) electrons. The van der Waals surface area contributed by atoms with E-state index in [1.807, 2.05) is 12.1 Å². The Balaban J connectivity index is 2.32. The third kappa shape index (κ3) is 4.09. The molecule has 2 nitrogen and oxygen atoms in total. The summed E-state index contributed by atoms with van der Waals surface area (Å²) in [6, 6.07) is 3.92. The van der Waals surface area contributed by atoms with Crippen molar-refractivity contribution in [2.24, 2.45) is 5.92 Å². The van der Waals surface area contributed by atoms with Gasteiger partial charge in [-0.1, -0.05) is 13.8 Å². The molecule has 0 aliphatic rings. The van der Waals surface area contributed by atoms with Gasteiger partial charge in [-0.15, -0.1) is 11.3 Å². The van der Waals surface area contributed by atoms with Gasteiger partial charge in [-0.05, 0) is 40.5 Å². The molecule has 14 heavy (non-hydrogen) atoms. The Hall–Kier alpha value is 0.1000. The van der Waals surface area contributed by atoms with Gasteiger partial charge in [0.15, 0.2) is 0 Å². The first-order chi connectivity index (χ1) is 6.59. The molecular weight excluding hydrogens is 262 g/mol. The van der Waals surface area contributed by atoms with Crippen molar-refractivity contribution in [3.63, 3.8) is 0 Å². The van der Waals surface area contributed by atoms with Gasteiger partial charge in [0.25, 0.3) is 0 Å². The molecule has 1 aromatic heterocycles. The van der Waals surface area contributed by atoms with Crippen molar-refractivity contribution in [3.05, 3.63) is 20.8 Å². The second kappa shape index (κ2) is 5.85. The Morgan fingerprint density at radius 3 is 2.64 bits per heavy atom. The fourth-order valence-corrected chi connectivity index (χ4v) is 2.53. The van der Waals surface area contributed by atoms with Crippen molar-refractivity contribution in [3.8, 4) is 0 Å². The van der Waals surface area contributed by atoms with Gasteiger partial charge in [-0.25, -0.2) is 0 Å². The molecule has 1 rings (SSSR count). The van der Waals surface area contributed by atoms with Gasteiger partial charge in [0.1, 0.15) is 6.10 Å². The van der Waals surface area contributed by atoms with Crippen molar-refractivity contribution in [1.29, 1.82) is 0 Å². The summed E-state index contributed by atoms with van der Waals surface area (Å²) in [5, 5.41) is 13.0. The van der Waals surface area contributed by atoms with Crippen LogP contribution in [0.2, 0.25) is 0 Å². The first-order valence-electron chi connectivity index (χ1n) is 4.73. The minimum atomic E-state index is -0.384. The third-order valence-electron chi connectivity index (χ3n) is 1.81. The fourth-order valence-electron chi connectivity index (χ4n) is 1.12. The smallest absolute Gasteiger partial charge is 0.101 e. The lowest BCUT2D eigenvalue weighted by Gasteiger charge is -2.11. The lowest BCUT2D eigenvalue weighted by Crippen LogP contribution is -2.24. The summed E-state index contributed by atoms with van der Waals surface area (Å²) >= 11 is 4.96. The molecular formula is C10H16BrNOS. The topological polar surface area (TPSA) is 32.3 Å². The third-order valence-corrected chi connectivity index (χ3v) is 3.54. The second-order valence-corrected chi connectivity index (χ2v) is 6.20. The zero-order valence-corrected chi connectivity index (χ0v) is 10.9. The maximum absolute atomic E-state index is 9.77. The first kappa shape index (κ1) is 12.2. The number of hydrogen-bond donors (Lipinski definition) is 2. The molecule has 0 aromatic carbocycles. The van der Waals surface area contributed by atoms with E-state index in [-0.39, 0.29) is 6.10 Å². The highest BCUT2D eigenvalue weighted by Gasteiger charge is 2.09. The number of rotatable bonds is 5. The number of hydrogen-bond acceptors (Lipinski definition) is 3. The zero-order chi connectivity index (χ0) is 10.6. The summed E-state index contributed by atoms with van der Waals surface area (Å²) in [5.74, 6) is 0.622. The van der Waals surface area contributed by atoms with Crippen LogP contribution in [0.3, 0.4) is 0 Å². The van der Waals surface area contributed by atoms with Crippen molar-refractivity contribution in [2.75, 3.05) is 13.1 Å². The summed E-state index contributed by atoms with van der Waals surface area (Å²) < 4.78 is 1.07. The summed E-state index contributed by atoms with van der Waals surface area (Å²) in [5.41, 5.74) is 0. The van der Waals surface area contributed by atoms with Gasteiger partial charge < -0.3 is 10.4 Å². The molecule has 80 valence electrons. The Labute approximate surface area is 97.5 Å². The normalized spacial score (nSPS) is 13.5. The predicted molar refractivity (Wildman–Crippen MR) is 64.7 cm³/mol. The maximum Gasteiger partial charge on any atom is 0.101 e. The molecule has 1 unspecified atom stereocenters. The Bertz CT molecular complexity index is 275. The molecule has 0 saturated heterocycles. The molecule has 0 amide bonds. The highest BCUT2D eigenvalue weighted by Crippen LogP contribution is 2.26. The van der Waals surface area contributed by atoms with Crippen LogP contribution in [-0.2, 0) is 0 Å². The first-order valence-corrected chi connectivity index (χ1v) is 6.34. The Kier molecular flexibility index (Phi) is 5.09. The van der Waals surface area contributed by atoms with Crippen LogP contribution < -0.4 is 5.32 Å². The zero-order valence-electron chi connectivity index (χ0n) is 8.46. The van der Waals surface area contributed by atoms with Gasteiger partial charge in [-0.3, -0.25) is 0 Å². The standard InChI is InChI=1S/C10H16BrNOS/c1-7(2)5-12-6-8(13)9-3-4-10(11)14-9/h3-4,7-8,12-13H,5-6H2,1-2H3. The molecule has 0 spiro atoms. The van der Waals surface area contributed by atoms with E-state index in [0.717, 1.165) is 15.2 Å². The van der Waals surface area contributed by atoms with Gasteiger partial charge >= 0.3 is 0 Å². The highest BCUT2D eigenvalue weighted by molar-refractivity contribution is 9.11. The van der Waals surface area contributed by atoms with Crippen LogP contribution in [0, 0.1) is 5.92 Å². The number of thiophene rings is 1. The quantitative estimate of drug-likeness (QED) is 0.868. The van der Waals surface area contributed by atoms with Gasteiger partial charge in [0, 0.05) is 11.4 Å². The Morgan fingerprint density at radius 2 is 2.14 bits per heavy atom. The molecule has 0 bridgehead atoms. The van der Waals surface area contributed by atoms with Gasteiger partial charge in [0.2, 0.25) is 0 Å². The minimum Gasteiger partial charge on any atom is -0.386 e. The van der Waals surface area contributed by atoms with Crippen molar-refractivity contribution in [2.45, 2.75) is 20.0 Å². The van der Waals surface area contributed by atoms with E-state index in [4.69, 9.17) is 0 Å². The van der Waals surface area contributed by atoms with Crippen LogP contribution in [0.4, 0.5) is 0 Å². The monoisotopic (exact) mass is 277 g/mol. The molecule has 0 aliphatic heterocycles. The number of halogens is 1. The molecule has 1 heterocycles. The molecule has 0 aliphatic carbocycles. The van der Waals surface area contributed by atoms with Crippen LogP contribution in [0.15, 0.2) is 15.9 Å². The minimum absolute atomic E-state index is 0.384. The average molecular weight is 278 g/mol. The largest absolute Gasteiger partial charge is 0.386 e. The second-order valence-electron chi connectivity index (χ2n) is 3.71.